The molecule has 0 aromatic rings. The highest BCUT2D eigenvalue weighted by Gasteiger charge is 2.32. The van der Waals surface area contributed by atoms with Gasteiger partial charge in [0.1, 0.15) is 0 Å². The van der Waals surface area contributed by atoms with Crippen LogP contribution in [0.2, 0.25) is 0 Å². The van der Waals surface area contributed by atoms with Crippen LogP contribution in [0.1, 0.15) is 33.6 Å². The monoisotopic (exact) mass is 182 g/mol. The Morgan fingerprint density at radius 3 is 2.46 bits per heavy atom. The predicted molar refractivity (Wildman–Crippen MR) is 52.3 cm³/mol. The molecule has 0 heterocycles. The Kier molecular flexibility index (Phi) is 2.79. The second kappa shape index (κ2) is 3.52. The minimum atomic E-state index is 0.0762. The molecule has 0 aromatic carbocycles. The van der Waals surface area contributed by atoms with Gasteiger partial charge in [-0.2, -0.15) is 0 Å². The SMILES string of the molecule is COC1=CC(=O)C(C(C)(C)C)CC1. The number of hydrogen-bond donors (Lipinski definition) is 0. The summed E-state index contributed by atoms with van der Waals surface area (Å²) in [6.07, 6.45) is 3.46. The Balaban J connectivity index is 2.77. The Bertz CT molecular complexity index is 233. The number of carbonyl (C=O) groups excluding carboxylic acids is 1. The lowest BCUT2D eigenvalue weighted by molar-refractivity contribution is -0.122. The van der Waals surface area contributed by atoms with Gasteiger partial charge in [-0.25, -0.2) is 0 Å². The molecule has 0 aromatic heterocycles. The zero-order chi connectivity index (χ0) is 10.1. The molecule has 0 fully saturated rings. The Hall–Kier alpha value is -0.790. The zero-order valence-corrected chi connectivity index (χ0v) is 8.89. The first-order valence-electron chi connectivity index (χ1n) is 4.73. The highest BCUT2D eigenvalue weighted by atomic mass is 16.5. The minimum Gasteiger partial charge on any atom is -0.501 e. The van der Waals surface area contributed by atoms with E-state index in [1.807, 2.05) is 0 Å². The first-order valence-corrected chi connectivity index (χ1v) is 4.73. The molecule has 1 aliphatic rings. The fourth-order valence-corrected chi connectivity index (χ4v) is 1.78. The van der Waals surface area contributed by atoms with Gasteiger partial charge >= 0.3 is 0 Å². The summed E-state index contributed by atoms with van der Waals surface area (Å²) in [5.74, 6) is 1.20. The first-order chi connectivity index (χ1) is 5.95. The van der Waals surface area contributed by atoms with Crippen molar-refractivity contribution in [3.63, 3.8) is 0 Å². The van der Waals surface area contributed by atoms with Crippen molar-refractivity contribution in [2.24, 2.45) is 11.3 Å². The van der Waals surface area contributed by atoms with Gasteiger partial charge in [0.15, 0.2) is 5.78 Å². The van der Waals surface area contributed by atoms with E-state index in [1.54, 1.807) is 13.2 Å². The van der Waals surface area contributed by atoms with E-state index in [2.05, 4.69) is 20.8 Å². The molecule has 74 valence electrons. The molecule has 2 heteroatoms. The number of rotatable bonds is 1. The summed E-state index contributed by atoms with van der Waals surface area (Å²) in [6, 6.07) is 0. The van der Waals surface area contributed by atoms with Gasteiger partial charge in [0, 0.05) is 18.4 Å². The quantitative estimate of drug-likeness (QED) is 0.623. The van der Waals surface area contributed by atoms with Crippen molar-refractivity contribution in [2.45, 2.75) is 33.6 Å². The highest BCUT2D eigenvalue weighted by Crippen LogP contribution is 2.34. The number of carbonyl (C=O) groups is 1. The molecule has 2 nitrogen and oxygen atoms in total. The van der Waals surface area contributed by atoms with Gasteiger partial charge < -0.3 is 4.74 Å². The van der Waals surface area contributed by atoms with Crippen molar-refractivity contribution in [3.8, 4) is 0 Å². The predicted octanol–water partition coefficient (Wildman–Crippen LogP) is 2.54. The maximum atomic E-state index is 11.7. The fraction of sp³-hybridized carbons (Fsp3) is 0.727. The lowest BCUT2D eigenvalue weighted by atomic mass is 9.73. The smallest absolute Gasteiger partial charge is 0.162 e. The van der Waals surface area contributed by atoms with E-state index in [-0.39, 0.29) is 17.1 Å². The van der Waals surface area contributed by atoms with E-state index in [1.165, 1.54) is 0 Å². The van der Waals surface area contributed by atoms with Crippen LogP contribution in [0.3, 0.4) is 0 Å². The molecule has 1 aliphatic carbocycles. The summed E-state index contributed by atoms with van der Waals surface area (Å²) < 4.78 is 5.06. The van der Waals surface area contributed by atoms with Crippen molar-refractivity contribution in [3.05, 3.63) is 11.8 Å². The van der Waals surface area contributed by atoms with Crippen LogP contribution in [0.25, 0.3) is 0 Å². The average Bonchev–Trinajstić information content (AvgIpc) is 2.01. The molecule has 0 amide bonds. The number of ether oxygens (including phenoxy) is 1. The van der Waals surface area contributed by atoms with Crippen molar-refractivity contribution in [2.75, 3.05) is 7.11 Å². The molecule has 0 saturated heterocycles. The van der Waals surface area contributed by atoms with Crippen LogP contribution < -0.4 is 0 Å². The molecule has 0 bridgehead atoms. The third kappa shape index (κ3) is 2.33. The molecular weight excluding hydrogens is 164 g/mol. The molecule has 1 rings (SSSR count). The van der Waals surface area contributed by atoms with Crippen LogP contribution in [0.4, 0.5) is 0 Å². The van der Waals surface area contributed by atoms with Gasteiger partial charge in [0.05, 0.1) is 12.9 Å². The van der Waals surface area contributed by atoms with Gasteiger partial charge in [-0.3, -0.25) is 4.79 Å². The maximum Gasteiger partial charge on any atom is 0.162 e. The van der Waals surface area contributed by atoms with Crippen LogP contribution in [0.5, 0.6) is 0 Å². The lowest BCUT2D eigenvalue weighted by Gasteiger charge is -2.31. The second-order valence-electron chi connectivity index (χ2n) is 4.67. The van der Waals surface area contributed by atoms with Gasteiger partial charge in [-0.15, -0.1) is 0 Å². The summed E-state index contributed by atoms with van der Waals surface area (Å²) in [5, 5.41) is 0. The van der Waals surface area contributed by atoms with E-state index >= 15 is 0 Å². The van der Waals surface area contributed by atoms with Crippen LogP contribution in [-0.4, -0.2) is 12.9 Å². The normalized spacial score (nSPS) is 24.2. The van der Waals surface area contributed by atoms with Crippen LogP contribution in [0.15, 0.2) is 11.8 Å². The molecule has 1 atom stereocenters. The molecule has 0 saturated carbocycles. The lowest BCUT2D eigenvalue weighted by Crippen LogP contribution is -2.30. The van der Waals surface area contributed by atoms with Crippen LogP contribution >= 0.6 is 0 Å². The van der Waals surface area contributed by atoms with Crippen molar-refractivity contribution in [1.29, 1.82) is 0 Å². The number of allylic oxidation sites excluding steroid dienone is 2. The molecule has 0 radical (unpaired) electrons. The average molecular weight is 182 g/mol. The van der Waals surface area contributed by atoms with Gasteiger partial charge in [0.25, 0.3) is 0 Å². The number of ketones is 1. The Labute approximate surface area is 80.0 Å². The van der Waals surface area contributed by atoms with Gasteiger partial charge in [-0.1, -0.05) is 20.8 Å². The number of methoxy groups -OCH3 is 1. The van der Waals surface area contributed by atoms with Crippen LogP contribution in [0, 0.1) is 11.3 Å². The minimum absolute atomic E-state index is 0.0762. The molecule has 0 aliphatic heterocycles. The van der Waals surface area contributed by atoms with Gasteiger partial charge in [0.2, 0.25) is 0 Å². The maximum absolute atomic E-state index is 11.7. The highest BCUT2D eigenvalue weighted by molar-refractivity contribution is 5.93. The summed E-state index contributed by atoms with van der Waals surface area (Å²) in [6.45, 7) is 6.34. The van der Waals surface area contributed by atoms with Crippen molar-refractivity contribution >= 4 is 5.78 Å². The van der Waals surface area contributed by atoms with E-state index in [0.29, 0.717) is 0 Å². The zero-order valence-electron chi connectivity index (χ0n) is 8.89. The first kappa shape index (κ1) is 10.3. The van der Waals surface area contributed by atoms with E-state index in [4.69, 9.17) is 4.74 Å². The summed E-state index contributed by atoms with van der Waals surface area (Å²) in [7, 11) is 1.62. The second-order valence-corrected chi connectivity index (χ2v) is 4.67. The van der Waals surface area contributed by atoms with E-state index in [0.717, 1.165) is 18.6 Å². The fourth-order valence-electron chi connectivity index (χ4n) is 1.78. The molecule has 13 heavy (non-hydrogen) atoms. The molecule has 0 N–H and O–H groups in total. The topological polar surface area (TPSA) is 26.3 Å². The Morgan fingerprint density at radius 1 is 1.46 bits per heavy atom. The summed E-state index contributed by atoms with van der Waals surface area (Å²) in [5.41, 5.74) is 0.0762. The summed E-state index contributed by atoms with van der Waals surface area (Å²) in [4.78, 5) is 11.7. The molecule has 1 unspecified atom stereocenters. The third-order valence-corrected chi connectivity index (χ3v) is 2.63. The van der Waals surface area contributed by atoms with Gasteiger partial charge in [-0.05, 0) is 11.8 Å². The molecular formula is C11H18O2. The van der Waals surface area contributed by atoms with Crippen molar-refractivity contribution in [1.82, 2.24) is 0 Å². The van der Waals surface area contributed by atoms with E-state index < -0.39 is 0 Å². The molecule has 0 spiro atoms. The standard InChI is InChI=1S/C11H18O2/c1-11(2,3)9-6-5-8(13-4)7-10(9)12/h7,9H,5-6H2,1-4H3. The largest absolute Gasteiger partial charge is 0.501 e. The van der Waals surface area contributed by atoms with E-state index in [9.17, 15) is 4.79 Å². The van der Waals surface area contributed by atoms with Crippen molar-refractivity contribution < 1.29 is 9.53 Å². The summed E-state index contributed by atoms with van der Waals surface area (Å²) >= 11 is 0. The van der Waals surface area contributed by atoms with Crippen LogP contribution in [-0.2, 0) is 9.53 Å². The number of hydrogen-bond acceptors (Lipinski definition) is 2. The third-order valence-electron chi connectivity index (χ3n) is 2.63. The Morgan fingerprint density at radius 2 is 2.08 bits per heavy atom.